The molecule has 1 aromatic rings. The van der Waals surface area contributed by atoms with Crippen LogP contribution in [0.15, 0.2) is 29.6 Å². The van der Waals surface area contributed by atoms with Gasteiger partial charge >= 0.3 is 0 Å². The Morgan fingerprint density at radius 3 is 3.13 bits per heavy atom. The second kappa shape index (κ2) is 6.56. The van der Waals surface area contributed by atoms with Gasteiger partial charge in [0.2, 0.25) is 0 Å². The third-order valence-corrected chi connectivity index (χ3v) is 2.06. The molecule has 1 atom stereocenters. The fourth-order valence-electron chi connectivity index (χ4n) is 1.32. The highest BCUT2D eigenvalue weighted by molar-refractivity contribution is 5.49. The lowest BCUT2D eigenvalue weighted by molar-refractivity contribution is -0.107. The normalized spacial score (nSPS) is 11.5. The Morgan fingerprint density at radius 1 is 1.67 bits per heavy atom. The minimum Gasteiger partial charge on any atom is -0.303 e. The predicted octanol–water partition coefficient (Wildman–Crippen LogP) is 2.80. The van der Waals surface area contributed by atoms with Crippen LogP contribution in [0.25, 0.3) is 10.4 Å². The zero-order chi connectivity index (χ0) is 10.9. The fourth-order valence-corrected chi connectivity index (χ4v) is 1.32. The first-order valence-electron chi connectivity index (χ1n) is 4.76. The van der Waals surface area contributed by atoms with Crippen LogP contribution in [-0.4, -0.2) is 11.3 Å². The van der Waals surface area contributed by atoms with Gasteiger partial charge < -0.3 is 4.79 Å². The van der Waals surface area contributed by atoms with Gasteiger partial charge in [0.15, 0.2) is 0 Å². The molecule has 0 bridgehead atoms. The number of carbonyl (C=O) groups excluding carboxylic acids is 1. The average Bonchev–Trinajstić information content (AvgIpc) is 2.29. The molecule has 5 nitrogen and oxygen atoms in total. The van der Waals surface area contributed by atoms with E-state index in [2.05, 4.69) is 15.0 Å². The molecule has 0 N–H and O–H groups in total. The van der Waals surface area contributed by atoms with E-state index in [1.165, 1.54) is 0 Å². The van der Waals surface area contributed by atoms with Crippen LogP contribution in [0.2, 0.25) is 0 Å². The third kappa shape index (κ3) is 3.79. The average molecular weight is 204 g/mol. The largest absolute Gasteiger partial charge is 0.303 e. The summed E-state index contributed by atoms with van der Waals surface area (Å²) in [6, 6.07) is 3.45. The first-order chi connectivity index (χ1) is 7.38. The van der Waals surface area contributed by atoms with Crippen LogP contribution in [0.1, 0.15) is 30.9 Å². The van der Waals surface area contributed by atoms with E-state index in [0.717, 1.165) is 18.3 Å². The van der Waals surface area contributed by atoms with Crippen molar-refractivity contribution < 1.29 is 4.79 Å². The van der Waals surface area contributed by atoms with Crippen LogP contribution in [0.5, 0.6) is 0 Å². The number of rotatable bonds is 6. The minimum absolute atomic E-state index is 0.219. The van der Waals surface area contributed by atoms with Crippen molar-refractivity contribution in [2.75, 3.05) is 0 Å². The molecule has 0 fully saturated rings. The number of hydrogen-bond acceptors (Lipinski definition) is 3. The number of nitrogens with zero attached hydrogens (tertiary/aromatic N) is 4. The van der Waals surface area contributed by atoms with Crippen molar-refractivity contribution in [3.8, 4) is 0 Å². The quantitative estimate of drug-likeness (QED) is 0.235. The molecule has 1 aromatic heterocycles. The summed E-state index contributed by atoms with van der Waals surface area (Å²) in [6.45, 7) is 0. The Balaban J connectivity index is 2.66. The van der Waals surface area contributed by atoms with E-state index in [9.17, 15) is 4.79 Å². The lowest BCUT2D eigenvalue weighted by atomic mass is 10.0. The number of carbonyl (C=O) groups is 1. The molecule has 0 saturated carbocycles. The van der Waals surface area contributed by atoms with Crippen LogP contribution in [0.4, 0.5) is 0 Å². The van der Waals surface area contributed by atoms with Gasteiger partial charge in [-0.05, 0) is 30.0 Å². The molecule has 78 valence electrons. The second-order valence-corrected chi connectivity index (χ2v) is 3.10. The second-order valence-electron chi connectivity index (χ2n) is 3.10. The summed E-state index contributed by atoms with van der Waals surface area (Å²) in [5, 5.41) is 3.69. The summed E-state index contributed by atoms with van der Waals surface area (Å²) in [7, 11) is 0. The predicted molar refractivity (Wildman–Crippen MR) is 56.0 cm³/mol. The summed E-state index contributed by atoms with van der Waals surface area (Å²) in [6.07, 6.45) is 6.12. The van der Waals surface area contributed by atoms with E-state index in [0.29, 0.717) is 12.8 Å². The van der Waals surface area contributed by atoms with Crippen molar-refractivity contribution in [2.24, 2.45) is 5.11 Å². The molecule has 1 heterocycles. The van der Waals surface area contributed by atoms with Gasteiger partial charge in [0.05, 0.1) is 6.04 Å². The standard InChI is InChI=1S/C10H12N4O/c11-14-13-10(5-1-2-7-15)9-4-3-6-12-8-9/h3-4,6-8,10H,1-2,5H2/t10-/m0/s1. The van der Waals surface area contributed by atoms with E-state index in [1.807, 2.05) is 6.07 Å². The summed E-state index contributed by atoms with van der Waals surface area (Å²) < 4.78 is 0. The van der Waals surface area contributed by atoms with Gasteiger partial charge in [-0.1, -0.05) is 11.2 Å². The summed E-state index contributed by atoms with van der Waals surface area (Å²) >= 11 is 0. The highest BCUT2D eigenvalue weighted by Crippen LogP contribution is 2.22. The maximum Gasteiger partial charge on any atom is 0.119 e. The van der Waals surface area contributed by atoms with E-state index >= 15 is 0 Å². The number of aldehydes is 1. The van der Waals surface area contributed by atoms with Crippen molar-refractivity contribution in [3.63, 3.8) is 0 Å². The maximum atomic E-state index is 10.2. The Kier molecular flexibility index (Phi) is 4.90. The van der Waals surface area contributed by atoms with Gasteiger partial charge in [-0.25, -0.2) is 0 Å². The van der Waals surface area contributed by atoms with Gasteiger partial charge in [0, 0.05) is 23.7 Å². The van der Waals surface area contributed by atoms with Gasteiger partial charge in [-0.15, -0.1) is 0 Å². The summed E-state index contributed by atoms with van der Waals surface area (Å²) in [4.78, 5) is 16.9. The van der Waals surface area contributed by atoms with Crippen molar-refractivity contribution in [3.05, 3.63) is 40.5 Å². The summed E-state index contributed by atoms with van der Waals surface area (Å²) in [5.74, 6) is 0. The Labute approximate surface area is 87.8 Å². The first kappa shape index (κ1) is 11.2. The molecule has 0 amide bonds. The van der Waals surface area contributed by atoms with Gasteiger partial charge in [-0.2, -0.15) is 0 Å². The molecule has 0 saturated heterocycles. The highest BCUT2D eigenvalue weighted by Gasteiger charge is 2.08. The number of hydrogen-bond donors (Lipinski definition) is 0. The Bertz CT molecular complexity index is 346. The molecule has 1 rings (SSSR count). The lowest BCUT2D eigenvalue weighted by Gasteiger charge is -2.09. The maximum absolute atomic E-state index is 10.2. The number of aromatic nitrogens is 1. The molecule has 0 aliphatic heterocycles. The van der Waals surface area contributed by atoms with Gasteiger partial charge in [0.1, 0.15) is 6.29 Å². The fraction of sp³-hybridized carbons (Fsp3) is 0.400. The van der Waals surface area contributed by atoms with Crippen LogP contribution < -0.4 is 0 Å². The number of unbranched alkanes of at least 4 members (excludes halogenated alkanes) is 1. The number of azide groups is 1. The molecule has 0 aliphatic rings. The molecule has 0 aromatic carbocycles. The zero-order valence-electron chi connectivity index (χ0n) is 8.28. The minimum atomic E-state index is -0.219. The topological polar surface area (TPSA) is 78.7 Å². The molecule has 0 aliphatic carbocycles. The van der Waals surface area contributed by atoms with E-state index in [4.69, 9.17) is 5.53 Å². The zero-order valence-corrected chi connectivity index (χ0v) is 8.28. The van der Waals surface area contributed by atoms with Crippen LogP contribution in [-0.2, 0) is 4.79 Å². The van der Waals surface area contributed by atoms with Crippen molar-refractivity contribution in [1.29, 1.82) is 0 Å². The van der Waals surface area contributed by atoms with Crippen LogP contribution in [0.3, 0.4) is 0 Å². The lowest BCUT2D eigenvalue weighted by Crippen LogP contribution is -1.95. The summed E-state index contributed by atoms with van der Waals surface area (Å²) in [5.41, 5.74) is 9.31. The van der Waals surface area contributed by atoms with Crippen LogP contribution >= 0.6 is 0 Å². The Morgan fingerprint density at radius 2 is 2.53 bits per heavy atom. The van der Waals surface area contributed by atoms with Crippen molar-refractivity contribution >= 4 is 6.29 Å². The third-order valence-electron chi connectivity index (χ3n) is 2.06. The van der Waals surface area contributed by atoms with E-state index < -0.39 is 0 Å². The monoisotopic (exact) mass is 204 g/mol. The van der Waals surface area contributed by atoms with Crippen molar-refractivity contribution in [1.82, 2.24) is 4.98 Å². The van der Waals surface area contributed by atoms with E-state index in [-0.39, 0.29) is 6.04 Å². The molecule has 15 heavy (non-hydrogen) atoms. The molecule has 0 unspecified atom stereocenters. The van der Waals surface area contributed by atoms with Gasteiger partial charge in [-0.3, -0.25) is 4.98 Å². The SMILES string of the molecule is [N-]=[N+]=N[C@@H](CCCC=O)c1cccnc1. The van der Waals surface area contributed by atoms with Crippen molar-refractivity contribution in [2.45, 2.75) is 25.3 Å². The molecule has 0 spiro atoms. The first-order valence-corrected chi connectivity index (χ1v) is 4.76. The highest BCUT2D eigenvalue weighted by atomic mass is 16.1. The van der Waals surface area contributed by atoms with Crippen LogP contribution in [0, 0.1) is 0 Å². The molecule has 0 radical (unpaired) electrons. The van der Waals surface area contributed by atoms with Gasteiger partial charge in [0.25, 0.3) is 0 Å². The molecular weight excluding hydrogens is 192 g/mol. The Hall–Kier alpha value is -1.87. The number of pyridine rings is 1. The van der Waals surface area contributed by atoms with E-state index in [1.54, 1.807) is 18.5 Å². The molecule has 5 heteroatoms. The smallest absolute Gasteiger partial charge is 0.119 e. The molecular formula is C10H12N4O.